The van der Waals surface area contributed by atoms with Crippen LogP contribution in [-0.4, -0.2) is 19.9 Å². The van der Waals surface area contributed by atoms with Crippen molar-refractivity contribution in [2.75, 3.05) is 0 Å². The molecule has 194 valence electrons. The molecule has 7 aromatic rings. The zero-order valence-electron chi connectivity index (χ0n) is 22.1. The van der Waals surface area contributed by atoms with Crippen LogP contribution in [0.25, 0.3) is 66.2 Å². The number of nitrogens with zero attached hydrogens (tertiary/aromatic N) is 4. The number of thiophene rings is 1. The Morgan fingerprint density at radius 2 is 0.732 bits per heavy atom. The fourth-order valence-corrected chi connectivity index (χ4v) is 6.27. The average molecular weight is 545 g/mol. The standard InChI is InChI=1S/C36H24N4S/c1-3-13-25(14-4-1)33-34(26-15-5-2-6-16-26)36(32-22-12-20-30(40-32)28-18-8-10-24-38-28)41-35(33)31-21-11-19-29(39-31)27-17-7-9-23-37-27/h1-24H. The molecule has 0 amide bonds. The van der Waals surface area contributed by atoms with Crippen molar-refractivity contribution in [2.24, 2.45) is 0 Å². The molecule has 7 rings (SSSR count). The number of pyridine rings is 4. The molecule has 0 aliphatic carbocycles. The van der Waals surface area contributed by atoms with Gasteiger partial charge in [-0.05, 0) is 59.7 Å². The minimum Gasteiger partial charge on any atom is -0.255 e. The van der Waals surface area contributed by atoms with Crippen molar-refractivity contribution >= 4 is 11.3 Å². The second kappa shape index (κ2) is 11.1. The first kappa shape index (κ1) is 24.8. The van der Waals surface area contributed by atoms with Crippen LogP contribution in [-0.2, 0) is 0 Å². The average Bonchev–Trinajstić information content (AvgIpc) is 3.47. The van der Waals surface area contributed by atoms with Gasteiger partial charge in [0.2, 0.25) is 0 Å². The van der Waals surface area contributed by atoms with Crippen molar-refractivity contribution in [3.05, 3.63) is 146 Å². The predicted molar refractivity (Wildman–Crippen MR) is 168 cm³/mol. The quantitative estimate of drug-likeness (QED) is 0.209. The maximum atomic E-state index is 5.12. The summed E-state index contributed by atoms with van der Waals surface area (Å²) < 4.78 is 0. The van der Waals surface area contributed by atoms with Crippen molar-refractivity contribution in [1.29, 1.82) is 0 Å². The summed E-state index contributed by atoms with van der Waals surface area (Å²) in [5.41, 5.74) is 9.75. The highest BCUT2D eigenvalue weighted by Crippen LogP contribution is 2.51. The first-order chi connectivity index (χ1) is 20.3. The molecule has 5 aromatic heterocycles. The molecule has 0 atom stereocenters. The number of rotatable bonds is 6. The minimum atomic E-state index is 0.841. The van der Waals surface area contributed by atoms with E-state index in [0.717, 1.165) is 66.2 Å². The SMILES string of the molecule is c1ccc(-c2c(-c3cccc(-c4ccccn4)n3)sc(-c3cccc(-c4ccccn4)n3)c2-c2ccccc2)cc1. The summed E-state index contributed by atoms with van der Waals surface area (Å²) in [7, 11) is 0. The van der Waals surface area contributed by atoms with Gasteiger partial charge in [-0.25, -0.2) is 9.97 Å². The lowest BCUT2D eigenvalue weighted by molar-refractivity contribution is 1.25. The molecule has 0 fully saturated rings. The van der Waals surface area contributed by atoms with Crippen LogP contribution in [0.15, 0.2) is 146 Å². The van der Waals surface area contributed by atoms with Gasteiger partial charge in [0, 0.05) is 23.5 Å². The van der Waals surface area contributed by atoms with Gasteiger partial charge < -0.3 is 0 Å². The van der Waals surface area contributed by atoms with Gasteiger partial charge in [-0.1, -0.05) is 84.9 Å². The third kappa shape index (κ3) is 4.95. The van der Waals surface area contributed by atoms with E-state index >= 15 is 0 Å². The molecular formula is C36H24N4S. The summed E-state index contributed by atoms with van der Waals surface area (Å²) in [4.78, 5) is 21.5. The van der Waals surface area contributed by atoms with Crippen molar-refractivity contribution in [3.63, 3.8) is 0 Å². The summed E-state index contributed by atoms with van der Waals surface area (Å²) in [6, 6.07) is 45.2. The lowest BCUT2D eigenvalue weighted by atomic mass is 9.93. The van der Waals surface area contributed by atoms with Gasteiger partial charge in [0.15, 0.2) is 0 Å². The molecule has 0 saturated heterocycles. The van der Waals surface area contributed by atoms with Crippen LogP contribution in [0.5, 0.6) is 0 Å². The summed E-state index contributed by atoms with van der Waals surface area (Å²) in [6.45, 7) is 0. The summed E-state index contributed by atoms with van der Waals surface area (Å²) in [5, 5.41) is 0. The maximum absolute atomic E-state index is 5.12. The van der Waals surface area contributed by atoms with E-state index in [4.69, 9.17) is 9.97 Å². The first-order valence-electron chi connectivity index (χ1n) is 13.4. The third-order valence-corrected chi connectivity index (χ3v) is 8.09. The van der Waals surface area contributed by atoms with Crippen molar-refractivity contribution in [3.8, 4) is 66.2 Å². The van der Waals surface area contributed by atoms with Crippen molar-refractivity contribution in [2.45, 2.75) is 0 Å². The lowest BCUT2D eigenvalue weighted by Crippen LogP contribution is -1.91. The zero-order valence-corrected chi connectivity index (χ0v) is 22.9. The smallest absolute Gasteiger partial charge is 0.0894 e. The Kier molecular flexibility index (Phi) is 6.69. The van der Waals surface area contributed by atoms with Gasteiger partial charge in [-0.3, -0.25) is 9.97 Å². The highest BCUT2D eigenvalue weighted by atomic mass is 32.1. The number of aromatic nitrogens is 4. The third-order valence-electron chi connectivity index (χ3n) is 6.85. The van der Waals surface area contributed by atoms with Gasteiger partial charge in [-0.2, -0.15) is 0 Å². The molecule has 5 heterocycles. The first-order valence-corrected chi connectivity index (χ1v) is 14.2. The molecule has 0 spiro atoms. The van der Waals surface area contributed by atoms with Gasteiger partial charge in [0.25, 0.3) is 0 Å². The molecule has 0 saturated carbocycles. The van der Waals surface area contributed by atoms with E-state index in [9.17, 15) is 0 Å². The van der Waals surface area contributed by atoms with E-state index in [1.165, 1.54) is 0 Å². The minimum absolute atomic E-state index is 0.841. The van der Waals surface area contributed by atoms with Gasteiger partial charge in [-0.15, -0.1) is 11.3 Å². The van der Waals surface area contributed by atoms with E-state index in [-0.39, 0.29) is 0 Å². The molecule has 5 heteroatoms. The van der Waals surface area contributed by atoms with E-state index in [2.05, 4.69) is 94.9 Å². The van der Waals surface area contributed by atoms with E-state index < -0.39 is 0 Å². The fraction of sp³-hybridized carbons (Fsp3) is 0. The summed E-state index contributed by atoms with van der Waals surface area (Å²) in [6.07, 6.45) is 3.60. The van der Waals surface area contributed by atoms with Crippen molar-refractivity contribution < 1.29 is 0 Å². The van der Waals surface area contributed by atoms with Gasteiger partial charge in [0.1, 0.15) is 0 Å². The molecule has 0 aliphatic rings. The highest BCUT2D eigenvalue weighted by Gasteiger charge is 2.25. The molecule has 0 radical (unpaired) electrons. The topological polar surface area (TPSA) is 51.6 Å². The normalized spacial score (nSPS) is 10.9. The van der Waals surface area contributed by atoms with E-state index in [0.29, 0.717) is 0 Å². The van der Waals surface area contributed by atoms with E-state index in [1.54, 1.807) is 23.7 Å². The van der Waals surface area contributed by atoms with Crippen LogP contribution in [0.2, 0.25) is 0 Å². The van der Waals surface area contributed by atoms with Crippen LogP contribution >= 0.6 is 11.3 Å². The molecule has 0 aliphatic heterocycles. The largest absolute Gasteiger partial charge is 0.255 e. The molecule has 0 bridgehead atoms. The maximum Gasteiger partial charge on any atom is 0.0894 e. The predicted octanol–water partition coefficient (Wildman–Crippen LogP) is 9.33. The molecule has 2 aromatic carbocycles. The Hall–Kier alpha value is -5.26. The van der Waals surface area contributed by atoms with Gasteiger partial charge >= 0.3 is 0 Å². The van der Waals surface area contributed by atoms with Gasteiger partial charge in [0.05, 0.1) is 43.9 Å². The zero-order chi connectivity index (χ0) is 27.4. The lowest BCUT2D eigenvalue weighted by Gasteiger charge is -2.11. The molecule has 4 nitrogen and oxygen atoms in total. The fourth-order valence-electron chi connectivity index (χ4n) is 4.99. The number of benzene rings is 2. The Balaban J connectivity index is 1.51. The Labute approximate surface area is 242 Å². The molecule has 0 N–H and O–H groups in total. The molecule has 41 heavy (non-hydrogen) atoms. The second-order valence-electron chi connectivity index (χ2n) is 9.49. The van der Waals surface area contributed by atoms with Crippen molar-refractivity contribution in [1.82, 2.24) is 19.9 Å². The number of hydrogen-bond donors (Lipinski definition) is 0. The Bertz CT molecular complexity index is 1780. The molecule has 0 unspecified atom stereocenters. The summed E-state index contributed by atoms with van der Waals surface area (Å²) in [5.74, 6) is 0. The summed E-state index contributed by atoms with van der Waals surface area (Å²) >= 11 is 1.72. The van der Waals surface area contributed by atoms with Crippen LogP contribution in [0.1, 0.15) is 0 Å². The molecular weight excluding hydrogens is 520 g/mol. The van der Waals surface area contributed by atoms with Crippen LogP contribution in [0.4, 0.5) is 0 Å². The monoisotopic (exact) mass is 544 g/mol. The highest BCUT2D eigenvalue weighted by molar-refractivity contribution is 7.20. The van der Waals surface area contributed by atoms with Crippen LogP contribution in [0.3, 0.4) is 0 Å². The van der Waals surface area contributed by atoms with Crippen LogP contribution in [0, 0.1) is 0 Å². The van der Waals surface area contributed by atoms with Crippen LogP contribution < -0.4 is 0 Å². The second-order valence-corrected chi connectivity index (χ2v) is 10.5. The Morgan fingerprint density at radius 3 is 1.15 bits per heavy atom. The van der Waals surface area contributed by atoms with E-state index in [1.807, 2.05) is 48.5 Å². The Morgan fingerprint density at radius 1 is 0.341 bits per heavy atom. The number of hydrogen-bond acceptors (Lipinski definition) is 5.